The maximum Gasteiger partial charge on any atom is 0.340 e. The standard InChI is InChI=1S/C22H27ClN4O9P2/c1-26(15-7-6-12-4-2-3-5-13(12)15)16-8-18(23)25-21-14(16)9-24-27(21)22-20(29)19(28)17(36-22)10-35-38(33,34)11-37(30,31)32/h2-5,8-9,15,17,19-20,22,28-29H,6-7,10-11H2,1H3,(H,33,34)(H2,30,31,32)/t15-,17+,19?,20?,22+/m0/s1. The maximum absolute atomic E-state index is 12.0. The summed E-state index contributed by atoms with van der Waals surface area (Å²) < 4.78 is 34.8. The minimum absolute atomic E-state index is 0.107. The van der Waals surface area contributed by atoms with Gasteiger partial charge in [0, 0.05) is 7.05 Å². The van der Waals surface area contributed by atoms with E-state index in [1.807, 2.05) is 19.2 Å². The van der Waals surface area contributed by atoms with Gasteiger partial charge in [-0.3, -0.25) is 9.13 Å². The van der Waals surface area contributed by atoms with E-state index in [9.17, 15) is 24.2 Å². The van der Waals surface area contributed by atoms with Crippen molar-refractivity contribution in [2.75, 3.05) is 24.5 Å². The van der Waals surface area contributed by atoms with Crippen molar-refractivity contribution >= 4 is 43.5 Å². The summed E-state index contributed by atoms with van der Waals surface area (Å²) in [6, 6.07) is 10.1. The Balaban J connectivity index is 1.40. The van der Waals surface area contributed by atoms with Crippen LogP contribution in [0.25, 0.3) is 11.0 Å². The van der Waals surface area contributed by atoms with E-state index in [1.54, 1.807) is 12.3 Å². The largest absolute Gasteiger partial charge is 0.387 e. The summed E-state index contributed by atoms with van der Waals surface area (Å²) in [4.78, 5) is 34.1. The van der Waals surface area contributed by atoms with Crippen molar-refractivity contribution in [3.05, 3.63) is 52.8 Å². The quantitative estimate of drug-likeness (QED) is 0.191. The van der Waals surface area contributed by atoms with E-state index in [1.165, 1.54) is 15.8 Å². The molecule has 0 amide bonds. The van der Waals surface area contributed by atoms with Gasteiger partial charge in [-0.2, -0.15) is 5.10 Å². The van der Waals surface area contributed by atoms with Crippen LogP contribution in [-0.2, 0) is 24.8 Å². The molecule has 1 aromatic carbocycles. The molecule has 0 saturated carbocycles. The molecule has 1 aliphatic carbocycles. The van der Waals surface area contributed by atoms with Gasteiger partial charge in [0.1, 0.15) is 23.5 Å². The summed E-state index contributed by atoms with van der Waals surface area (Å²) >= 11 is 6.38. The molecule has 206 valence electrons. The second-order valence-corrected chi connectivity index (χ2v) is 13.8. The molecular weight excluding hydrogens is 562 g/mol. The maximum atomic E-state index is 12.0. The smallest absolute Gasteiger partial charge is 0.340 e. The van der Waals surface area contributed by atoms with Crippen molar-refractivity contribution in [1.29, 1.82) is 0 Å². The number of aromatic nitrogens is 3. The average Bonchev–Trinajstić information content (AvgIpc) is 3.52. The lowest BCUT2D eigenvalue weighted by Crippen LogP contribution is -2.33. The van der Waals surface area contributed by atoms with Gasteiger partial charge in [0.25, 0.3) is 0 Å². The molecule has 0 radical (unpaired) electrons. The number of ether oxygens (including phenoxy) is 1. The summed E-state index contributed by atoms with van der Waals surface area (Å²) in [5.41, 5.74) is 3.57. The molecule has 5 N–H and O–H groups in total. The molecule has 0 bridgehead atoms. The molecule has 5 rings (SSSR count). The minimum Gasteiger partial charge on any atom is -0.387 e. The van der Waals surface area contributed by atoms with E-state index < -0.39 is 52.2 Å². The Hall–Kier alpha value is -1.89. The lowest BCUT2D eigenvalue weighted by atomic mass is 10.1. The number of aliphatic hydroxyl groups is 2. The van der Waals surface area contributed by atoms with E-state index in [-0.39, 0.29) is 16.8 Å². The molecule has 3 heterocycles. The Morgan fingerprint density at radius 2 is 1.95 bits per heavy atom. The first-order chi connectivity index (χ1) is 17.8. The fourth-order valence-corrected chi connectivity index (χ4v) is 7.84. The second-order valence-electron chi connectivity index (χ2n) is 9.44. The third-order valence-electron chi connectivity index (χ3n) is 6.84. The summed E-state index contributed by atoms with van der Waals surface area (Å²) in [5, 5.41) is 26.3. The number of aryl methyl sites for hydroxylation is 1. The molecule has 0 spiro atoms. The van der Waals surface area contributed by atoms with Crippen LogP contribution in [0.5, 0.6) is 0 Å². The predicted molar refractivity (Wildman–Crippen MR) is 137 cm³/mol. The van der Waals surface area contributed by atoms with Crippen molar-refractivity contribution in [3.8, 4) is 0 Å². The average molecular weight is 589 g/mol. The molecule has 1 saturated heterocycles. The fourth-order valence-electron chi connectivity index (χ4n) is 5.09. The topological polar surface area (TPSA) is 188 Å². The minimum atomic E-state index is -4.83. The van der Waals surface area contributed by atoms with Gasteiger partial charge in [0.05, 0.1) is 29.9 Å². The normalized spacial score (nSPS) is 27.0. The van der Waals surface area contributed by atoms with Gasteiger partial charge in [-0.1, -0.05) is 35.9 Å². The number of hydrogen-bond acceptors (Lipinski definition) is 9. The molecule has 2 aliphatic rings. The van der Waals surface area contributed by atoms with Crippen LogP contribution < -0.4 is 4.90 Å². The molecule has 3 aromatic rings. The van der Waals surface area contributed by atoms with Crippen molar-refractivity contribution in [3.63, 3.8) is 0 Å². The fraction of sp³-hybridized carbons (Fsp3) is 0.455. The summed E-state index contributed by atoms with van der Waals surface area (Å²) in [5.74, 6) is -1.39. The van der Waals surface area contributed by atoms with Crippen LogP contribution >= 0.6 is 26.8 Å². The van der Waals surface area contributed by atoms with E-state index in [4.69, 9.17) is 30.6 Å². The molecule has 38 heavy (non-hydrogen) atoms. The number of fused-ring (bicyclic) bond motifs is 2. The van der Waals surface area contributed by atoms with Crippen LogP contribution in [0.4, 0.5) is 5.69 Å². The molecule has 16 heteroatoms. The Kier molecular flexibility index (Phi) is 7.47. The van der Waals surface area contributed by atoms with Crippen molar-refractivity contribution in [2.24, 2.45) is 0 Å². The number of anilines is 1. The number of pyridine rings is 1. The lowest BCUT2D eigenvalue weighted by molar-refractivity contribution is -0.0541. The van der Waals surface area contributed by atoms with E-state index >= 15 is 0 Å². The predicted octanol–water partition coefficient (Wildman–Crippen LogP) is 2.16. The molecule has 6 atom stereocenters. The van der Waals surface area contributed by atoms with Gasteiger partial charge < -0.3 is 39.1 Å². The van der Waals surface area contributed by atoms with Gasteiger partial charge in [-0.25, -0.2) is 9.67 Å². The molecule has 1 fully saturated rings. The van der Waals surface area contributed by atoms with E-state index in [2.05, 4.69) is 27.1 Å². The number of benzene rings is 1. The third kappa shape index (κ3) is 5.41. The van der Waals surface area contributed by atoms with Crippen LogP contribution in [0.1, 0.15) is 29.8 Å². The first-order valence-corrected chi connectivity index (χ1v) is 15.7. The monoisotopic (exact) mass is 588 g/mol. The molecule has 2 aromatic heterocycles. The zero-order chi connectivity index (χ0) is 27.4. The molecule has 3 unspecified atom stereocenters. The highest BCUT2D eigenvalue weighted by atomic mass is 35.5. The molecule has 13 nitrogen and oxygen atoms in total. The SMILES string of the molecule is CN(c1cc(Cl)nc2c1cnn2[C@@H]1O[C@H](COP(=O)(O)CP(=O)(O)O)C(O)C1O)[C@H]1CCc2ccccc21. The van der Waals surface area contributed by atoms with Crippen LogP contribution in [0, 0.1) is 0 Å². The highest BCUT2D eigenvalue weighted by molar-refractivity contribution is 7.70. The van der Waals surface area contributed by atoms with Gasteiger partial charge in [0.2, 0.25) is 0 Å². The lowest BCUT2D eigenvalue weighted by Gasteiger charge is -2.28. The van der Waals surface area contributed by atoms with Gasteiger partial charge in [-0.15, -0.1) is 0 Å². The zero-order valence-corrected chi connectivity index (χ0v) is 22.7. The number of rotatable bonds is 8. The van der Waals surface area contributed by atoms with Crippen LogP contribution in [0.2, 0.25) is 5.15 Å². The third-order valence-corrected chi connectivity index (χ3v) is 10.5. The molecular formula is C22H27ClN4O9P2. The van der Waals surface area contributed by atoms with Crippen molar-refractivity contribution in [2.45, 2.75) is 43.4 Å². The summed E-state index contributed by atoms with van der Waals surface area (Å²) in [7, 11) is -7.56. The summed E-state index contributed by atoms with van der Waals surface area (Å²) in [6.07, 6.45) is -2.18. The van der Waals surface area contributed by atoms with Crippen LogP contribution in [-0.4, -0.2) is 77.5 Å². The van der Waals surface area contributed by atoms with Crippen molar-refractivity contribution in [1.82, 2.24) is 14.8 Å². The second kappa shape index (κ2) is 10.3. The van der Waals surface area contributed by atoms with Gasteiger partial charge in [0.15, 0.2) is 17.8 Å². The van der Waals surface area contributed by atoms with Gasteiger partial charge >= 0.3 is 15.2 Å². The highest BCUT2D eigenvalue weighted by Gasteiger charge is 2.46. The Morgan fingerprint density at radius 3 is 2.68 bits per heavy atom. The first kappa shape index (κ1) is 27.7. The highest BCUT2D eigenvalue weighted by Crippen LogP contribution is 2.55. The van der Waals surface area contributed by atoms with Crippen LogP contribution in [0.3, 0.4) is 0 Å². The van der Waals surface area contributed by atoms with E-state index in [0.29, 0.717) is 5.39 Å². The Bertz CT molecular complexity index is 1450. The van der Waals surface area contributed by atoms with Crippen LogP contribution in [0.15, 0.2) is 36.5 Å². The molecule has 1 aliphatic heterocycles. The number of hydrogen-bond donors (Lipinski definition) is 5. The summed E-state index contributed by atoms with van der Waals surface area (Å²) in [6.45, 7) is -0.703. The first-order valence-electron chi connectivity index (χ1n) is 11.7. The van der Waals surface area contributed by atoms with E-state index in [0.717, 1.165) is 18.5 Å². The number of nitrogens with zero attached hydrogens (tertiary/aromatic N) is 4. The zero-order valence-electron chi connectivity index (χ0n) is 20.1. The Labute approximate surface area is 222 Å². The number of aliphatic hydroxyl groups excluding tert-OH is 2. The van der Waals surface area contributed by atoms with Gasteiger partial charge in [-0.05, 0) is 30.0 Å². The Morgan fingerprint density at radius 1 is 1.21 bits per heavy atom. The number of halogens is 1. The van der Waals surface area contributed by atoms with Crippen molar-refractivity contribution < 1.29 is 43.3 Å².